The first-order valence-electron chi connectivity index (χ1n) is 7.20. The van der Waals surface area contributed by atoms with E-state index in [0.29, 0.717) is 23.2 Å². The van der Waals surface area contributed by atoms with Crippen LogP contribution in [0.25, 0.3) is 0 Å². The second-order valence-corrected chi connectivity index (χ2v) is 6.49. The van der Waals surface area contributed by atoms with Gasteiger partial charge in [-0.25, -0.2) is 15.8 Å². The summed E-state index contributed by atoms with van der Waals surface area (Å²) in [6.07, 6.45) is 6.16. The summed E-state index contributed by atoms with van der Waals surface area (Å²) in [6.45, 7) is 4.64. The Morgan fingerprint density at radius 3 is 2.53 bits per heavy atom. The standard InChI is InChI=1S/C14H23N5/c1-14(2)7-3-4-10(14)16-11-8-12(19-15)18-13(17-11)9-5-6-9/h8-10H,3-7,15H2,1-2H3,(H2,16,17,18,19). The van der Waals surface area contributed by atoms with Gasteiger partial charge in [-0.1, -0.05) is 20.3 Å². The maximum absolute atomic E-state index is 5.50. The molecule has 2 aliphatic rings. The van der Waals surface area contributed by atoms with Crippen molar-refractivity contribution in [3.05, 3.63) is 11.9 Å². The molecule has 2 saturated carbocycles. The summed E-state index contributed by atoms with van der Waals surface area (Å²) in [4.78, 5) is 9.09. The van der Waals surface area contributed by atoms with Crippen molar-refractivity contribution >= 4 is 11.6 Å². The Balaban J connectivity index is 1.81. The van der Waals surface area contributed by atoms with E-state index in [9.17, 15) is 0 Å². The van der Waals surface area contributed by atoms with Crippen molar-refractivity contribution < 1.29 is 0 Å². The van der Waals surface area contributed by atoms with Gasteiger partial charge in [0.15, 0.2) is 0 Å². The van der Waals surface area contributed by atoms with E-state index in [1.54, 1.807) is 0 Å². The molecule has 0 saturated heterocycles. The second-order valence-electron chi connectivity index (χ2n) is 6.49. The first-order valence-corrected chi connectivity index (χ1v) is 7.20. The Morgan fingerprint density at radius 2 is 1.95 bits per heavy atom. The minimum absolute atomic E-state index is 0.334. The van der Waals surface area contributed by atoms with Crippen LogP contribution in [-0.2, 0) is 0 Å². The molecule has 19 heavy (non-hydrogen) atoms. The highest BCUT2D eigenvalue weighted by Crippen LogP contribution is 2.41. The summed E-state index contributed by atoms with van der Waals surface area (Å²) in [7, 11) is 0. The van der Waals surface area contributed by atoms with Crippen LogP contribution < -0.4 is 16.6 Å². The van der Waals surface area contributed by atoms with Gasteiger partial charge in [-0.15, -0.1) is 0 Å². The van der Waals surface area contributed by atoms with Gasteiger partial charge in [0.1, 0.15) is 17.5 Å². The van der Waals surface area contributed by atoms with Crippen LogP contribution in [0.1, 0.15) is 57.7 Å². The lowest BCUT2D eigenvalue weighted by Gasteiger charge is -2.28. The van der Waals surface area contributed by atoms with Crippen molar-refractivity contribution in [2.24, 2.45) is 11.3 Å². The third-order valence-corrected chi connectivity index (χ3v) is 4.41. The summed E-state index contributed by atoms with van der Waals surface area (Å²) in [5, 5.41) is 3.58. The van der Waals surface area contributed by atoms with Crippen molar-refractivity contribution in [1.29, 1.82) is 0 Å². The molecule has 1 aromatic rings. The zero-order valence-corrected chi connectivity index (χ0v) is 11.7. The van der Waals surface area contributed by atoms with E-state index in [1.807, 2.05) is 6.07 Å². The van der Waals surface area contributed by atoms with Gasteiger partial charge < -0.3 is 10.7 Å². The molecule has 0 radical (unpaired) electrons. The summed E-state index contributed by atoms with van der Waals surface area (Å²) in [6, 6.07) is 2.39. The molecule has 1 heterocycles. The van der Waals surface area contributed by atoms with Crippen LogP contribution in [0, 0.1) is 5.41 Å². The van der Waals surface area contributed by atoms with E-state index < -0.39 is 0 Å². The van der Waals surface area contributed by atoms with Crippen molar-refractivity contribution in [2.45, 2.75) is 57.9 Å². The Kier molecular flexibility index (Phi) is 3.09. The molecular formula is C14H23N5. The van der Waals surface area contributed by atoms with Crippen LogP contribution in [0.2, 0.25) is 0 Å². The quantitative estimate of drug-likeness (QED) is 0.574. The number of hydrogen-bond acceptors (Lipinski definition) is 5. The number of hydrogen-bond donors (Lipinski definition) is 3. The molecule has 1 atom stereocenters. The number of hydrazine groups is 1. The zero-order valence-electron chi connectivity index (χ0n) is 11.7. The topological polar surface area (TPSA) is 75.9 Å². The van der Waals surface area contributed by atoms with E-state index in [1.165, 1.54) is 32.1 Å². The fourth-order valence-electron chi connectivity index (χ4n) is 2.91. The van der Waals surface area contributed by atoms with E-state index in [-0.39, 0.29) is 0 Å². The van der Waals surface area contributed by atoms with E-state index in [2.05, 4.69) is 34.6 Å². The molecule has 0 aliphatic heterocycles. The van der Waals surface area contributed by atoms with Crippen molar-refractivity contribution in [1.82, 2.24) is 9.97 Å². The molecule has 5 nitrogen and oxygen atoms in total. The lowest BCUT2D eigenvalue weighted by Crippen LogP contribution is -2.31. The molecule has 2 fully saturated rings. The predicted octanol–water partition coefficient (Wildman–Crippen LogP) is 2.63. The number of aromatic nitrogens is 2. The molecule has 3 rings (SSSR count). The van der Waals surface area contributed by atoms with E-state index >= 15 is 0 Å². The monoisotopic (exact) mass is 261 g/mol. The van der Waals surface area contributed by atoms with E-state index in [0.717, 1.165) is 11.6 Å². The van der Waals surface area contributed by atoms with Gasteiger partial charge >= 0.3 is 0 Å². The van der Waals surface area contributed by atoms with Crippen LogP contribution in [0.4, 0.5) is 11.6 Å². The fourth-order valence-corrected chi connectivity index (χ4v) is 2.91. The molecule has 4 N–H and O–H groups in total. The highest BCUT2D eigenvalue weighted by molar-refractivity contribution is 5.48. The maximum Gasteiger partial charge on any atom is 0.145 e. The lowest BCUT2D eigenvalue weighted by molar-refractivity contribution is 0.349. The van der Waals surface area contributed by atoms with Crippen LogP contribution in [0.3, 0.4) is 0 Å². The molecule has 1 aromatic heterocycles. The Bertz CT molecular complexity index is 467. The number of nitrogens with one attached hydrogen (secondary N) is 2. The minimum atomic E-state index is 0.334. The third kappa shape index (κ3) is 2.66. The molecular weight excluding hydrogens is 238 g/mol. The predicted molar refractivity (Wildman–Crippen MR) is 76.9 cm³/mol. The molecule has 0 bridgehead atoms. The Morgan fingerprint density at radius 1 is 1.21 bits per heavy atom. The van der Waals surface area contributed by atoms with Gasteiger partial charge in [-0.3, -0.25) is 0 Å². The number of rotatable bonds is 4. The lowest BCUT2D eigenvalue weighted by atomic mass is 9.87. The van der Waals surface area contributed by atoms with Gasteiger partial charge in [0.05, 0.1) is 0 Å². The Labute approximate surface area is 114 Å². The van der Waals surface area contributed by atoms with Gasteiger partial charge in [0.25, 0.3) is 0 Å². The molecule has 2 aliphatic carbocycles. The maximum atomic E-state index is 5.50. The highest BCUT2D eigenvalue weighted by Gasteiger charge is 2.35. The van der Waals surface area contributed by atoms with E-state index in [4.69, 9.17) is 5.84 Å². The minimum Gasteiger partial charge on any atom is -0.367 e. The normalized spacial score (nSPS) is 25.3. The average molecular weight is 261 g/mol. The third-order valence-electron chi connectivity index (χ3n) is 4.41. The molecule has 1 unspecified atom stereocenters. The molecule has 5 heteroatoms. The smallest absolute Gasteiger partial charge is 0.145 e. The first kappa shape index (κ1) is 12.7. The summed E-state index contributed by atoms with van der Waals surface area (Å²) < 4.78 is 0. The summed E-state index contributed by atoms with van der Waals surface area (Å²) >= 11 is 0. The zero-order chi connectivity index (χ0) is 13.5. The van der Waals surface area contributed by atoms with Gasteiger partial charge in [-0.2, -0.15) is 0 Å². The number of anilines is 2. The molecule has 104 valence electrons. The SMILES string of the molecule is CC1(C)CCCC1Nc1cc(NN)nc(C2CC2)n1. The number of nitrogen functional groups attached to an aromatic ring is 1. The molecule has 0 aromatic carbocycles. The van der Waals surface area contributed by atoms with Crippen LogP contribution in [-0.4, -0.2) is 16.0 Å². The molecule has 0 amide bonds. The largest absolute Gasteiger partial charge is 0.367 e. The average Bonchev–Trinajstić information content (AvgIpc) is 3.17. The van der Waals surface area contributed by atoms with Crippen molar-refractivity contribution in [3.63, 3.8) is 0 Å². The van der Waals surface area contributed by atoms with Crippen LogP contribution in [0.15, 0.2) is 6.07 Å². The summed E-state index contributed by atoms with van der Waals surface area (Å²) in [5.41, 5.74) is 2.98. The number of nitrogens with zero attached hydrogens (tertiary/aromatic N) is 2. The highest BCUT2D eigenvalue weighted by atomic mass is 15.3. The first-order chi connectivity index (χ1) is 9.08. The number of nitrogens with two attached hydrogens (primary N) is 1. The Hall–Kier alpha value is -1.36. The van der Waals surface area contributed by atoms with Crippen LogP contribution >= 0.6 is 0 Å². The fraction of sp³-hybridized carbons (Fsp3) is 0.714. The van der Waals surface area contributed by atoms with Crippen molar-refractivity contribution in [3.8, 4) is 0 Å². The van der Waals surface area contributed by atoms with Gasteiger partial charge in [0, 0.05) is 18.0 Å². The van der Waals surface area contributed by atoms with Gasteiger partial charge in [-0.05, 0) is 31.1 Å². The molecule has 0 spiro atoms. The summed E-state index contributed by atoms with van der Waals surface area (Å²) in [5.74, 6) is 8.57. The van der Waals surface area contributed by atoms with Gasteiger partial charge in [0.2, 0.25) is 0 Å². The van der Waals surface area contributed by atoms with Crippen molar-refractivity contribution in [2.75, 3.05) is 10.7 Å². The second kappa shape index (κ2) is 4.63. The van der Waals surface area contributed by atoms with Crippen LogP contribution in [0.5, 0.6) is 0 Å².